The molecule has 2 aliphatic heterocycles. The lowest BCUT2D eigenvalue weighted by molar-refractivity contribution is -0.0507. The quantitative estimate of drug-likeness (QED) is 0.131. The van der Waals surface area contributed by atoms with Crippen molar-refractivity contribution in [1.82, 2.24) is 29.6 Å². The Bertz CT molecular complexity index is 2020. The molecule has 4 aromatic rings. The van der Waals surface area contributed by atoms with Crippen molar-refractivity contribution in [2.24, 2.45) is 5.41 Å². The first-order valence-corrected chi connectivity index (χ1v) is 21.8. The predicted molar refractivity (Wildman–Crippen MR) is 200 cm³/mol. The SMILES string of the molecule is CC1(CO[Si](C)(C)C(C)(C)C)CC(N[S+]([O-])C(C)(C)C)(c2ncc(-c3ccc4nc5n(c4c3)[C@@H]3C[C@@H]5NC(=O)c4cccc(OC(F)F)c43)cn2)C1. The van der Waals surface area contributed by atoms with Gasteiger partial charge in [0, 0.05) is 47.1 Å². The van der Waals surface area contributed by atoms with E-state index in [0.717, 1.165) is 22.2 Å². The van der Waals surface area contributed by atoms with Crippen LogP contribution in [0.15, 0.2) is 48.8 Å². The molecule has 2 bridgehead atoms. The molecule has 1 amide bonds. The van der Waals surface area contributed by atoms with Gasteiger partial charge in [0.25, 0.3) is 5.91 Å². The average molecular weight is 751 g/mol. The number of hydrogen-bond acceptors (Lipinski definition) is 8. The maximum atomic E-state index is 13.5. The fourth-order valence-electron chi connectivity index (χ4n) is 7.60. The maximum Gasteiger partial charge on any atom is 0.387 e. The molecule has 4 heterocycles. The molecule has 10 nitrogen and oxygen atoms in total. The lowest BCUT2D eigenvalue weighted by atomic mass is 9.58. The lowest BCUT2D eigenvalue weighted by Crippen LogP contribution is -2.63. The van der Waals surface area contributed by atoms with Crippen molar-refractivity contribution in [2.45, 2.75) is 115 Å². The minimum atomic E-state index is -3.03. The number of hydrogen-bond donors (Lipinski definition) is 2. The zero-order chi connectivity index (χ0) is 37.6. The molecule has 14 heteroatoms. The van der Waals surface area contributed by atoms with Gasteiger partial charge in [0.05, 0.1) is 23.1 Å². The number of carbonyl (C=O) groups is 1. The minimum Gasteiger partial charge on any atom is -0.598 e. The number of alkyl halides is 2. The van der Waals surface area contributed by atoms with Crippen molar-refractivity contribution in [1.29, 1.82) is 0 Å². The first kappa shape index (κ1) is 36.9. The van der Waals surface area contributed by atoms with Gasteiger partial charge in [0.1, 0.15) is 21.9 Å². The van der Waals surface area contributed by atoms with Crippen molar-refractivity contribution >= 4 is 36.6 Å². The molecule has 1 unspecified atom stereocenters. The van der Waals surface area contributed by atoms with Crippen LogP contribution in [0.25, 0.3) is 22.2 Å². The predicted octanol–water partition coefficient (Wildman–Crippen LogP) is 7.94. The van der Waals surface area contributed by atoms with Crippen molar-refractivity contribution in [3.05, 3.63) is 71.6 Å². The second kappa shape index (κ2) is 12.6. The third-order valence-electron chi connectivity index (χ3n) is 11.3. The van der Waals surface area contributed by atoms with Gasteiger partial charge in [-0.3, -0.25) is 4.79 Å². The third-order valence-corrected chi connectivity index (χ3v) is 17.4. The van der Waals surface area contributed by atoms with Crippen LogP contribution in [0.5, 0.6) is 5.75 Å². The standard InChI is InChI=1S/C38H48F2N6O4SSi/c1-35(2,3)51(48)45-38(19-37(7,20-38)21-49-52(8,9)36(4,5)6)33-41-17-23(18-42-33)22-13-14-25-27(15-22)46-28-16-26(31(46)43-25)44-32(47)24-11-10-12-29(30(24)28)50-34(39)40/h10-15,17-18,26,28,34,45H,16,19-21H2,1-9H3,(H,44,47)/t26-,28+,37?,38?,51?/m0/s1. The number of imidazole rings is 1. The van der Waals surface area contributed by atoms with E-state index < -0.39 is 42.6 Å². The highest BCUT2D eigenvalue weighted by molar-refractivity contribution is 7.90. The highest BCUT2D eigenvalue weighted by Crippen LogP contribution is 2.55. The Labute approximate surface area is 308 Å². The van der Waals surface area contributed by atoms with Crippen molar-refractivity contribution in [3.63, 3.8) is 0 Å². The van der Waals surface area contributed by atoms with E-state index >= 15 is 0 Å². The Balaban J connectivity index is 1.20. The molecule has 1 saturated carbocycles. The Morgan fingerprint density at radius 1 is 1.10 bits per heavy atom. The molecular weight excluding hydrogens is 703 g/mol. The first-order chi connectivity index (χ1) is 24.2. The topological polar surface area (TPSA) is 126 Å². The van der Waals surface area contributed by atoms with E-state index in [1.54, 1.807) is 24.5 Å². The summed E-state index contributed by atoms with van der Waals surface area (Å²) in [6, 6.07) is 9.71. The summed E-state index contributed by atoms with van der Waals surface area (Å²) in [5.74, 6) is 0.901. The molecule has 0 radical (unpaired) electrons. The van der Waals surface area contributed by atoms with Crippen LogP contribution in [0.1, 0.15) is 107 Å². The Hall–Kier alpha value is -3.43. The van der Waals surface area contributed by atoms with E-state index in [0.29, 0.717) is 48.6 Å². The van der Waals surface area contributed by atoms with Gasteiger partial charge < -0.3 is 23.6 Å². The fourth-order valence-corrected chi connectivity index (χ4v) is 9.64. The Morgan fingerprint density at radius 3 is 2.42 bits per heavy atom. The van der Waals surface area contributed by atoms with Crippen LogP contribution in [0.2, 0.25) is 18.1 Å². The summed E-state index contributed by atoms with van der Waals surface area (Å²) in [6.07, 6.45) is 5.42. The number of aromatic nitrogens is 4. The van der Waals surface area contributed by atoms with Gasteiger partial charge >= 0.3 is 6.61 Å². The number of nitrogens with zero attached hydrogens (tertiary/aromatic N) is 4. The van der Waals surface area contributed by atoms with E-state index in [2.05, 4.69) is 50.8 Å². The second-order valence-corrected chi connectivity index (χ2v) is 24.3. The van der Waals surface area contributed by atoms with E-state index in [1.807, 2.05) is 43.5 Å². The van der Waals surface area contributed by atoms with Crippen LogP contribution in [0.4, 0.5) is 8.78 Å². The Kier molecular flexibility index (Phi) is 8.92. The Morgan fingerprint density at radius 2 is 1.79 bits per heavy atom. The molecule has 0 saturated heterocycles. The molecule has 2 N–H and O–H groups in total. The highest BCUT2D eigenvalue weighted by Gasteiger charge is 2.59. The molecule has 1 fully saturated rings. The van der Waals surface area contributed by atoms with Crippen LogP contribution < -0.4 is 14.8 Å². The summed E-state index contributed by atoms with van der Waals surface area (Å²) >= 11 is -1.35. The zero-order valence-electron chi connectivity index (χ0n) is 31.3. The van der Waals surface area contributed by atoms with Crippen LogP contribution in [0, 0.1) is 5.41 Å². The smallest absolute Gasteiger partial charge is 0.387 e. The highest BCUT2D eigenvalue weighted by atomic mass is 32.2. The second-order valence-electron chi connectivity index (χ2n) is 17.5. The minimum absolute atomic E-state index is 0.0169. The average Bonchev–Trinajstić information content (AvgIpc) is 3.53. The van der Waals surface area contributed by atoms with Crippen LogP contribution in [-0.4, -0.2) is 56.3 Å². The van der Waals surface area contributed by atoms with Gasteiger partial charge in [-0.15, -0.1) is 4.72 Å². The van der Waals surface area contributed by atoms with Crippen molar-refractivity contribution < 1.29 is 27.3 Å². The molecule has 2 aromatic heterocycles. The summed E-state index contributed by atoms with van der Waals surface area (Å²) < 4.78 is 57.0. The van der Waals surface area contributed by atoms with E-state index in [1.165, 1.54) is 6.07 Å². The largest absolute Gasteiger partial charge is 0.598 e. The molecule has 3 aliphatic rings. The molecule has 2 aromatic carbocycles. The summed E-state index contributed by atoms with van der Waals surface area (Å²) in [4.78, 5) is 27.8. The number of halogens is 2. The molecule has 278 valence electrons. The van der Waals surface area contributed by atoms with Gasteiger partial charge in [0.15, 0.2) is 14.1 Å². The van der Waals surface area contributed by atoms with E-state index in [4.69, 9.17) is 24.1 Å². The van der Waals surface area contributed by atoms with Gasteiger partial charge in [-0.1, -0.05) is 39.8 Å². The summed E-state index contributed by atoms with van der Waals surface area (Å²) in [5.41, 5.74) is 3.08. The number of amides is 1. The molecule has 7 rings (SSSR count). The monoisotopic (exact) mass is 750 g/mol. The van der Waals surface area contributed by atoms with Crippen molar-refractivity contribution in [2.75, 3.05) is 6.61 Å². The molecule has 52 heavy (non-hydrogen) atoms. The number of ether oxygens (including phenoxy) is 1. The zero-order valence-corrected chi connectivity index (χ0v) is 33.1. The number of rotatable bonds is 9. The summed E-state index contributed by atoms with van der Waals surface area (Å²) in [6.45, 7) is 16.9. The fraction of sp³-hybridized carbons (Fsp3) is 0.526. The molecule has 3 atom stereocenters. The van der Waals surface area contributed by atoms with Crippen LogP contribution in [-0.2, 0) is 21.3 Å². The van der Waals surface area contributed by atoms with Crippen LogP contribution >= 0.6 is 0 Å². The third kappa shape index (κ3) is 6.44. The lowest BCUT2D eigenvalue weighted by Gasteiger charge is -2.54. The number of nitrogens with one attached hydrogen (secondary N) is 2. The molecule has 0 spiro atoms. The maximum absolute atomic E-state index is 13.5. The number of benzene rings is 2. The first-order valence-electron chi connectivity index (χ1n) is 17.8. The normalized spacial score (nSPS) is 25.0. The van der Waals surface area contributed by atoms with Gasteiger partial charge in [0.2, 0.25) is 0 Å². The number of carbonyl (C=O) groups excluding carboxylic acids is 1. The van der Waals surface area contributed by atoms with E-state index in [9.17, 15) is 18.1 Å². The van der Waals surface area contributed by atoms with Crippen molar-refractivity contribution in [3.8, 4) is 16.9 Å². The molecular formula is C38H48F2N6O4SSi. The summed E-state index contributed by atoms with van der Waals surface area (Å²) in [5, 5.41) is 3.13. The van der Waals surface area contributed by atoms with Crippen LogP contribution in [0.3, 0.4) is 0 Å². The van der Waals surface area contributed by atoms with Gasteiger partial charge in [-0.05, 0) is 93.4 Å². The summed E-state index contributed by atoms with van der Waals surface area (Å²) in [7, 11) is -1.96. The van der Waals surface area contributed by atoms with E-state index in [-0.39, 0.29) is 28.2 Å². The van der Waals surface area contributed by atoms with Gasteiger partial charge in [-0.25, -0.2) is 15.0 Å². The number of fused-ring (bicyclic) bond motifs is 9. The molecule has 1 aliphatic carbocycles. The van der Waals surface area contributed by atoms with Gasteiger partial charge in [-0.2, -0.15) is 8.78 Å².